The highest BCUT2D eigenvalue weighted by Gasteiger charge is 2.19. The molecule has 346 valence electrons. The Labute approximate surface area is 366 Å². The lowest BCUT2D eigenvalue weighted by Gasteiger charge is -2.18. The van der Waals surface area contributed by atoms with Crippen molar-refractivity contribution in [2.75, 3.05) is 13.2 Å². The normalized spacial score (nSPS) is 12.1. The largest absolute Gasteiger partial charge is 0.462 e. The highest BCUT2D eigenvalue weighted by Crippen LogP contribution is 2.15. The minimum absolute atomic E-state index is 0.0725. The monoisotopic (exact) mass is 831 g/mol. The van der Waals surface area contributed by atoms with Crippen LogP contribution in [0.2, 0.25) is 0 Å². The minimum Gasteiger partial charge on any atom is -0.462 e. The average molecular weight is 831 g/mol. The van der Waals surface area contributed by atoms with Crippen LogP contribution < -0.4 is 0 Å². The van der Waals surface area contributed by atoms with E-state index < -0.39 is 6.10 Å². The van der Waals surface area contributed by atoms with Crippen LogP contribution in [-0.4, -0.2) is 37.2 Å². The quantitative estimate of drug-likeness (QED) is 0.0263. The van der Waals surface area contributed by atoms with E-state index in [2.05, 4.69) is 45.1 Å². The van der Waals surface area contributed by atoms with Crippen molar-refractivity contribution in [3.8, 4) is 0 Å². The summed E-state index contributed by atoms with van der Waals surface area (Å²) in [5, 5.41) is 0. The summed E-state index contributed by atoms with van der Waals surface area (Å²) in [4.78, 5) is 37.8. The molecule has 0 rings (SSSR count). The predicted octanol–water partition coefficient (Wildman–Crippen LogP) is 16.8. The first-order chi connectivity index (χ1) is 29.0. The van der Waals surface area contributed by atoms with Gasteiger partial charge in [-0.15, -0.1) is 0 Å². The summed E-state index contributed by atoms with van der Waals surface area (Å²) in [6.07, 6.45) is 54.6. The predicted molar refractivity (Wildman–Crippen MR) is 252 cm³/mol. The highest BCUT2D eigenvalue weighted by atomic mass is 16.6. The third-order valence-corrected chi connectivity index (χ3v) is 11.4. The van der Waals surface area contributed by atoms with Gasteiger partial charge in [-0.25, -0.2) is 0 Å². The molecule has 0 heterocycles. The molecule has 0 aromatic carbocycles. The van der Waals surface area contributed by atoms with Crippen LogP contribution in [0, 0.1) is 0 Å². The van der Waals surface area contributed by atoms with Gasteiger partial charge in [-0.3, -0.25) is 14.4 Å². The number of carbonyl (C=O) groups excluding carboxylic acids is 3. The van der Waals surface area contributed by atoms with Gasteiger partial charge in [-0.05, 0) is 70.6 Å². The second-order valence-electron chi connectivity index (χ2n) is 17.4. The summed E-state index contributed by atoms with van der Waals surface area (Å²) in [7, 11) is 0. The van der Waals surface area contributed by atoms with Crippen molar-refractivity contribution in [1.29, 1.82) is 0 Å². The van der Waals surface area contributed by atoms with Gasteiger partial charge in [0.05, 0.1) is 0 Å². The van der Waals surface area contributed by atoms with Gasteiger partial charge in [0.15, 0.2) is 6.10 Å². The van der Waals surface area contributed by atoms with Crippen molar-refractivity contribution in [2.24, 2.45) is 0 Å². The van der Waals surface area contributed by atoms with Crippen LogP contribution in [0.15, 0.2) is 24.3 Å². The molecule has 0 aromatic heterocycles. The fourth-order valence-corrected chi connectivity index (χ4v) is 7.49. The summed E-state index contributed by atoms with van der Waals surface area (Å²) < 4.78 is 16.7. The van der Waals surface area contributed by atoms with Gasteiger partial charge >= 0.3 is 17.9 Å². The van der Waals surface area contributed by atoms with E-state index in [1.165, 1.54) is 173 Å². The van der Waals surface area contributed by atoms with Gasteiger partial charge in [0.2, 0.25) is 0 Å². The van der Waals surface area contributed by atoms with Gasteiger partial charge in [0.25, 0.3) is 0 Å². The van der Waals surface area contributed by atoms with E-state index in [-0.39, 0.29) is 31.1 Å². The molecule has 0 aromatic rings. The van der Waals surface area contributed by atoms with Crippen LogP contribution in [0.5, 0.6) is 0 Å². The molecule has 0 saturated carbocycles. The molecule has 1 atom stereocenters. The second kappa shape index (κ2) is 48.6. The molecule has 0 N–H and O–H groups in total. The van der Waals surface area contributed by atoms with Gasteiger partial charge in [-0.2, -0.15) is 0 Å². The molecule has 0 aliphatic heterocycles. The molecular weight excluding hydrogens is 733 g/mol. The maximum Gasteiger partial charge on any atom is 0.306 e. The van der Waals surface area contributed by atoms with Gasteiger partial charge in [-0.1, -0.05) is 212 Å². The molecule has 0 bridgehead atoms. The Balaban J connectivity index is 4.20. The summed E-state index contributed by atoms with van der Waals surface area (Å²) >= 11 is 0. The van der Waals surface area contributed by atoms with E-state index in [9.17, 15) is 14.4 Å². The minimum atomic E-state index is -0.770. The fourth-order valence-electron chi connectivity index (χ4n) is 7.49. The molecule has 1 unspecified atom stereocenters. The molecule has 0 spiro atoms. The summed E-state index contributed by atoms with van der Waals surface area (Å²) in [5.74, 6) is -0.878. The molecule has 59 heavy (non-hydrogen) atoms. The topological polar surface area (TPSA) is 78.9 Å². The maximum absolute atomic E-state index is 12.7. The lowest BCUT2D eigenvalue weighted by Crippen LogP contribution is -2.30. The van der Waals surface area contributed by atoms with Crippen LogP contribution in [0.3, 0.4) is 0 Å². The van der Waals surface area contributed by atoms with E-state index in [4.69, 9.17) is 14.2 Å². The number of esters is 3. The number of allylic oxidation sites excluding steroid dienone is 4. The Kier molecular flexibility index (Phi) is 46.8. The van der Waals surface area contributed by atoms with Crippen molar-refractivity contribution in [3.05, 3.63) is 24.3 Å². The van der Waals surface area contributed by atoms with E-state index in [0.717, 1.165) is 64.2 Å². The third kappa shape index (κ3) is 46.8. The lowest BCUT2D eigenvalue weighted by molar-refractivity contribution is -0.167. The molecule has 0 fully saturated rings. The third-order valence-electron chi connectivity index (χ3n) is 11.4. The first-order valence-electron chi connectivity index (χ1n) is 25.8. The Hall–Kier alpha value is -2.11. The molecule has 6 nitrogen and oxygen atoms in total. The standard InChI is InChI=1S/C53H98O6/c1-4-7-10-13-16-19-21-23-24-25-26-27-28-29-30-31-33-34-37-40-43-46-52(55)58-49-50(48-57-51(54)45-42-39-36-18-15-12-9-6-3)59-53(56)47-44-41-38-35-32-22-20-17-14-11-8-5-2/h17,20,25-26,50H,4-16,18-19,21-24,27-49H2,1-3H3/b20-17-,26-25-. The number of hydrogen-bond acceptors (Lipinski definition) is 6. The zero-order valence-corrected chi connectivity index (χ0v) is 39.5. The van der Waals surface area contributed by atoms with Crippen molar-refractivity contribution in [3.63, 3.8) is 0 Å². The summed E-state index contributed by atoms with van der Waals surface area (Å²) in [6, 6.07) is 0. The number of unbranched alkanes of at least 4 members (excludes halogenated alkanes) is 32. The van der Waals surface area contributed by atoms with Gasteiger partial charge in [0, 0.05) is 19.3 Å². The molecule has 0 amide bonds. The molecular formula is C53H98O6. The Morgan fingerprint density at radius 1 is 0.322 bits per heavy atom. The van der Waals surface area contributed by atoms with Crippen molar-refractivity contribution >= 4 is 17.9 Å². The van der Waals surface area contributed by atoms with Crippen LogP contribution >= 0.6 is 0 Å². The fraction of sp³-hybridized carbons (Fsp3) is 0.868. The molecule has 0 radical (unpaired) electrons. The molecule has 0 saturated heterocycles. The second-order valence-corrected chi connectivity index (χ2v) is 17.4. The summed E-state index contributed by atoms with van der Waals surface area (Å²) in [6.45, 7) is 6.60. The number of hydrogen-bond donors (Lipinski definition) is 0. The average Bonchev–Trinajstić information content (AvgIpc) is 3.23. The van der Waals surface area contributed by atoms with Crippen molar-refractivity contribution < 1.29 is 28.6 Å². The van der Waals surface area contributed by atoms with Crippen LogP contribution in [0.25, 0.3) is 0 Å². The van der Waals surface area contributed by atoms with Crippen LogP contribution in [-0.2, 0) is 28.6 Å². The Morgan fingerprint density at radius 2 is 0.559 bits per heavy atom. The van der Waals surface area contributed by atoms with E-state index in [1.54, 1.807) is 0 Å². The molecule has 0 aliphatic rings. The van der Waals surface area contributed by atoms with Crippen LogP contribution in [0.1, 0.15) is 278 Å². The zero-order chi connectivity index (χ0) is 43.0. The van der Waals surface area contributed by atoms with E-state index >= 15 is 0 Å². The summed E-state index contributed by atoms with van der Waals surface area (Å²) in [5.41, 5.74) is 0. The van der Waals surface area contributed by atoms with Gasteiger partial charge < -0.3 is 14.2 Å². The van der Waals surface area contributed by atoms with Crippen molar-refractivity contribution in [1.82, 2.24) is 0 Å². The van der Waals surface area contributed by atoms with Crippen molar-refractivity contribution in [2.45, 2.75) is 284 Å². The SMILES string of the molecule is CCCCC/C=C\CCCCCCCC(=O)OC(COC(=O)CCCCCCCCCC)COC(=O)CCCCCCCCCCC/C=C\CCCCCCCCCC. The van der Waals surface area contributed by atoms with E-state index in [0.29, 0.717) is 19.3 Å². The number of rotatable bonds is 47. The molecule has 6 heteroatoms. The maximum atomic E-state index is 12.7. The Morgan fingerprint density at radius 3 is 0.881 bits per heavy atom. The zero-order valence-electron chi connectivity index (χ0n) is 39.5. The Bertz CT molecular complexity index is 958. The first kappa shape index (κ1) is 56.9. The van der Waals surface area contributed by atoms with Gasteiger partial charge in [0.1, 0.15) is 13.2 Å². The lowest BCUT2D eigenvalue weighted by atomic mass is 10.1. The number of ether oxygens (including phenoxy) is 3. The smallest absolute Gasteiger partial charge is 0.306 e. The first-order valence-corrected chi connectivity index (χ1v) is 25.8. The number of carbonyl (C=O) groups is 3. The highest BCUT2D eigenvalue weighted by molar-refractivity contribution is 5.71. The van der Waals surface area contributed by atoms with E-state index in [1.807, 2.05) is 0 Å². The molecule has 0 aliphatic carbocycles. The van der Waals surface area contributed by atoms with Crippen LogP contribution in [0.4, 0.5) is 0 Å².